The summed E-state index contributed by atoms with van der Waals surface area (Å²) in [4.78, 5) is 22.0. The zero-order valence-electron chi connectivity index (χ0n) is 21.7. The van der Waals surface area contributed by atoms with Crippen molar-refractivity contribution in [3.63, 3.8) is 0 Å². The Labute approximate surface area is 222 Å². The summed E-state index contributed by atoms with van der Waals surface area (Å²) in [5.41, 5.74) is 5.76. The number of carbonyl (C=O) groups excluding carboxylic acids is 1. The van der Waals surface area contributed by atoms with Crippen molar-refractivity contribution in [3.8, 4) is 28.3 Å². The summed E-state index contributed by atoms with van der Waals surface area (Å²) in [5, 5.41) is 13.3. The van der Waals surface area contributed by atoms with Gasteiger partial charge in [0.1, 0.15) is 11.6 Å². The summed E-state index contributed by atoms with van der Waals surface area (Å²) in [6.07, 6.45) is 6.16. The average molecular weight is 513 g/mol. The quantitative estimate of drug-likeness (QED) is 0.273. The van der Waals surface area contributed by atoms with E-state index < -0.39 is 0 Å². The fraction of sp³-hybridized carbons (Fsp3) is 0.310. The second-order valence-electron chi connectivity index (χ2n) is 9.21. The summed E-state index contributed by atoms with van der Waals surface area (Å²) in [6.45, 7) is 5.16. The molecule has 0 bridgehead atoms. The van der Waals surface area contributed by atoms with E-state index in [-0.39, 0.29) is 18.6 Å². The van der Waals surface area contributed by atoms with Crippen LogP contribution in [0.4, 0.5) is 11.5 Å². The second-order valence-corrected chi connectivity index (χ2v) is 9.21. The third kappa shape index (κ3) is 6.00. The number of aromatic amines is 1. The number of fused-ring (bicyclic) bond motifs is 1. The van der Waals surface area contributed by atoms with Gasteiger partial charge in [0.05, 0.1) is 25.1 Å². The molecule has 9 heteroatoms. The first-order valence-corrected chi connectivity index (χ1v) is 13.0. The predicted octanol–water partition coefficient (Wildman–Crippen LogP) is 5.03. The Morgan fingerprint density at radius 1 is 1.08 bits per heavy atom. The van der Waals surface area contributed by atoms with Crippen molar-refractivity contribution in [2.75, 3.05) is 18.5 Å². The molecule has 1 aliphatic rings. The van der Waals surface area contributed by atoms with Gasteiger partial charge in [0.2, 0.25) is 0 Å². The van der Waals surface area contributed by atoms with Gasteiger partial charge in [0.15, 0.2) is 12.4 Å². The van der Waals surface area contributed by atoms with E-state index in [4.69, 9.17) is 19.4 Å². The molecule has 0 radical (unpaired) electrons. The molecule has 0 unspecified atom stereocenters. The number of anilines is 2. The maximum absolute atomic E-state index is 12.3. The molecule has 0 saturated heterocycles. The van der Waals surface area contributed by atoms with E-state index in [0.29, 0.717) is 31.2 Å². The first-order valence-electron chi connectivity index (χ1n) is 13.0. The monoisotopic (exact) mass is 512 g/mol. The smallest absolute Gasteiger partial charge is 0.258 e. The van der Waals surface area contributed by atoms with E-state index in [0.717, 1.165) is 52.3 Å². The van der Waals surface area contributed by atoms with E-state index in [2.05, 4.69) is 34.7 Å². The van der Waals surface area contributed by atoms with Crippen LogP contribution in [0.1, 0.15) is 37.9 Å². The normalized spacial score (nSPS) is 12.7. The minimum absolute atomic E-state index is 0.0377. The molecule has 0 saturated carbocycles. The van der Waals surface area contributed by atoms with E-state index >= 15 is 0 Å². The lowest BCUT2D eigenvalue weighted by Crippen LogP contribution is -2.37. The third-order valence-electron chi connectivity index (χ3n) is 6.61. The molecule has 3 N–H and O–H groups in total. The Morgan fingerprint density at radius 3 is 2.68 bits per heavy atom. The summed E-state index contributed by atoms with van der Waals surface area (Å²) in [7, 11) is 0. The first-order chi connectivity index (χ1) is 18.6. The second kappa shape index (κ2) is 11.9. The highest BCUT2D eigenvalue weighted by Gasteiger charge is 2.20. The number of H-pyrrole nitrogens is 1. The van der Waals surface area contributed by atoms with Gasteiger partial charge in [0.25, 0.3) is 5.91 Å². The van der Waals surface area contributed by atoms with Crippen LogP contribution in [0.3, 0.4) is 0 Å². The number of nitrogens with one attached hydrogen (secondary N) is 3. The van der Waals surface area contributed by atoms with Gasteiger partial charge in [0, 0.05) is 41.0 Å². The largest absolute Gasteiger partial charge is 0.484 e. The number of amides is 1. The molecule has 2 aromatic carbocycles. The maximum atomic E-state index is 12.3. The minimum atomic E-state index is -0.126. The van der Waals surface area contributed by atoms with Gasteiger partial charge in [-0.2, -0.15) is 5.10 Å². The van der Waals surface area contributed by atoms with Gasteiger partial charge in [-0.05, 0) is 42.7 Å². The zero-order chi connectivity index (χ0) is 26.3. The van der Waals surface area contributed by atoms with E-state index in [1.807, 2.05) is 54.7 Å². The van der Waals surface area contributed by atoms with Gasteiger partial charge in [-0.1, -0.05) is 38.1 Å². The standard InChI is InChI=1S/C29H32N6O3/c1-3-22(4-2)32-27(36)18-38-24-7-5-6-20(14-24)28-34-26-12-13-37-17-25(26)29(35-28)33-23-10-8-19(9-11-23)21-15-30-31-16-21/h5-11,14-16,22H,3-4,12-13,17-18H2,1-2H3,(H,30,31)(H,32,36)(H,33,34,35). The molecule has 1 amide bonds. The molecule has 0 atom stereocenters. The summed E-state index contributed by atoms with van der Waals surface area (Å²) in [5.74, 6) is 1.78. The number of rotatable bonds is 10. The molecule has 3 heterocycles. The lowest BCUT2D eigenvalue weighted by Gasteiger charge is -2.20. The number of hydrogen-bond acceptors (Lipinski definition) is 7. The number of nitrogens with zero attached hydrogens (tertiary/aromatic N) is 3. The molecule has 0 fully saturated rings. The van der Waals surface area contributed by atoms with Crippen LogP contribution in [0, 0.1) is 0 Å². The Bertz CT molecular complexity index is 1370. The minimum Gasteiger partial charge on any atom is -0.484 e. The summed E-state index contributed by atoms with van der Waals surface area (Å²) >= 11 is 0. The van der Waals surface area contributed by atoms with Crippen molar-refractivity contribution in [2.45, 2.75) is 45.8 Å². The van der Waals surface area contributed by atoms with Crippen LogP contribution in [-0.4, -0.2) is 45.3 Å². The van der Waals surface area contributed by atoms with Crippen molar-refractivity contribution in [3.05, 3.63) is 72.2 Å². The van der Waals surface area contributed by atoms with Crippen LogP contribution in [0.25, 0.3) is 22.5 Å². The Morgan fingerprint density at radius 2 is 1.92 bits per heavy atom. The van der Waals surface area contributed by atoms with Gasteiger partial charge in [-0.25, -0.2) is 9.97 Å². The molecular formula is C29H32N6O3. The molecule has 4 aromatic rings. The zero-order valence-corrected chi connectivity index (χ0v) is 21.7. The van der Waals surface area contributed by atoms with Crippen molar-refractivity contribution in [2.24, 2.45) is 0 Å². The fourth-order valence-corrected chi connectivity index (χ4v) is 4.39. The van der Waals surface area contributed by atoms with Gasteiger partial charge >= 0.3 is 0 Å². The first kappa shape index (κ1) is 25.4. The Kier molecular flexibility index (Phi) is 7.94. The topological polar surface area (TPSA) is 114 Å². The highest BCUT2D eigenvalue weighted by atomic mass is 16.5. The maximum Gasteiger partial charge on any atom is 0.258 e. The Hall–Kier alpha value is -4.24. The SMILES string of the molecule is CCC(CC)NC(=O)COc1cccc(-c2nc3c(c(Nc4ccc(-c5cn[nH]c5)cc4)n2)COCC3)c1. The van der Waals surface area contributed by atoms with Crippen molar-refractivity contribution in [1.29, 1.82) is 0 Å². The number of benzene rings is 2. The third-order valence-corrected chi connectivity index (χ3v) is 6.61. The summed E-state index contributed by atoms with van der Waals surface area (Å²) < 4.78 is 11.5. The highest BCUT2D eigenvalue weighted by Crippen LogP contribution is 2.30. The molecule has 0 aliphatic carbocycles. The number of ether oxygens (including phenoxy) is 2. The van der Waals surface area contributed by atoms with Crippen LogP contribution < -0.4 is 15.4 Å². The van der Waals surface area contributed by atoms with E-state index in [9.17, 15) is 4.79 Å². The average Bonchev–Trinajstić information content (AvgIpc) is 3.50. The molecule has 38 heavy (non-hydrogen) atoms. The van der Waals surface area contributed by atoms with Crippen LogP contribution >= 0.6 is 0 Å². The van der Waals surface area contributed by atoms with Crippen LogP contribution in [0.5, 0.6) is 5.75 Å². The number of carbonyl (C=O) groups is 1. The number of aromatic nitrogens is 4. The molecule has 5 rings (SSSR count). The fourth-order valence-electron chi connectivity index (χ4n) is 4.39. The molecule has 0 spiro atoms. The lowest BCUT2D eigenvalue weighted by molar-refractivity contribution is -0.123. The van der Waals surface area contributed by atoms with E-state index in [1.54, 1.807) is 6.20 Å². The van der Waals surface area contributed by atoms with Crippen LogP contribution in [-0.2, 0) is 22.6 Å². The molecular weight excluding hydrogens is 480 g/mol. The Balaban J connectivity index is 1.36. The van der Waals surface area contributed by atoms with Crippen molar-refractivity contribution in [1.82, 2.24) is 25.5 Å². The van der Waals surface area contributed by atoms with Gasteiger partial charge < -0.3 is 20.1 Å². The van der Waals surface area contributed by atoms with Gasteiger partial charge in [-0.3, -0.25) is 9.89 Å². The van der Waals surface area contributed by atoms with Crippen molar-refractivity contribution >= 4 is 17.4 Å². The van der Waals surface area contributed by atoms with Crippen LogP contribution in [0.2, 0.25) is 0 Å². The predicted molar refractivity (Wildman–Crippen MR) is 146 cm³/mol. The summed E-state index contributed by atoms with van der Waals surface area (Å²) in [6, 6.07) is 15.8. The van der Waals surface area contributed by atoms with Gasteiger partial charge in [-0.15, -0.1) is 0 Å². The molecule has 196 valence electrons. The highest BCUT2D eigenvalue weighted by molar-refractivity contribution is 5.78. The lowest BCUT2D eigenvalue weighted by atomic mass is 10.1. The number of hydrogen-bond donors (Lipinski definition) is 3. The van der Waals surface area contributed by atoms with Crippen molar-refractivity contribution < 1.29 is 14.3 Å². The van der Waals surface area contributed by atoms with E-state index in [1.165, 1.54) is 0 Å². The molecule has 2 aromatic heterocycles. The van der Waals surface area contributed by atoms with Crippen LogP contribution in [0.15, 0.2) is 60.9 Å². The molecule has 1 aliphatic heterocycles. The molecule has 9 nitrogen and oxygen atoms in total.